The Labute approximate surface area is 225 Å². The molecule has 5 rings (SSSR count). The van der Waals surface area contributed by atoms with Gasteiger partial charge in [-0.05, 0) is 23.8 Å². The standard InChI is InChI=1S/C28H28N6O5/c35-27(31-23(28(36)37)19-39-17-20-6-2-1-3-7-20)22-16-25(32-26(30-22)21-9-15-38-18-21)34-13-11-33(12-14-34)24-8-4-5-10-29-24/h1-10,15-16,18,23H,11-14,17,19H2,(H,31,35)(H,36,37). The fraction of sp³-hybridized carbons (Fsp3) is 0.250. The molecule has 0 aliphatic carbocycles. The number of rotatable bonds is 10. The number of hydrogen-bond donors (Lipinski definition) is 2. The van der Waals surface area contributed by atoms with E-state index in [0.717, 1.165) is 24.5 Å². The summed E-state index contributed by atoms with van der Waals surface area (Å²) in [4.78, 5) is 42.8. The van der Waals surface area contributed by atoms with E-state index in [0.29, 0.717) is 30.3 Å². The second-order valence-electron chi connectivity index (χ2n) is 8.97. The van der Waals surface area contributed by atoms with Crippen molar-refractivity contribution in [1.82, 2.24) is 20.3 Å². The van der Waals surface area contributed by atoms with Crippen molar-refractivity contribution >= 4 is 23.5 Å². The molecule has 4 aromatic rings. The topological polar surface area (TPSA) is 134 Å². The van der Waals surface area contributed by atoms with Crippen molar-refractivity contribution in [2.75, 3.05) is 42.6 Å². The Bertz CT molecular complexity index is 1380. The molecule has 3 aromatic heterocycles. The van der Waals surface area contributed by atoms with E-state index in [-0.39, 0.29) is 18.9 Å². The number of aromatic nitrogens is 3. The molecule has 1 fully saturated rings. The smallest absolute Gasteiger partial charge is 0.328 e. The first-order chi connectivity index (χ1) is 19.1. The van der Waals surface area contributed by atoms with Crippen LogP contribution < -0.4 is 15.1 Å². The van der Waals surface area contributed by atoms with Gasteiger partial charge in [0.1, 0.15) is 23.6 Å². The molecule has 11 nitrogen and oxygen atoms in total. The van der Waals surface area contributed by atoms with Gasteiger partial charge in [0.25, 0.3) is 5.91 Å². The number of hydrogen-bond acceptors (Lipinski definition) is 9. The number of nitrogens with zero attached hydrogens (tertiary/aromatic N) is 5. The first kappa shape index (κ1) is 25.9. The van der Waals surface area contributed by atoms with Gasteiger partial charge in [-0.3, -0.25) is 4.79 Å². The van der Waals surface area contributed by atoms with Gasteiger partial charge in [-0.25, -0.2) is 19.7 Å². The van der Waals surface area contributed by atoms with Crippen LogP contribution in [0.3, 0.4) is 0 Å². The Morgan fingerprint density at radius 3 is 2.38 bits per heavy atom. The molecule has 1 aliphatic heterocycles. The van der Waals surface area contributed by atoms with E-state index in [1.165, 1.54) is 12.5 Å². The van der Waals surface area contributed by atoms with Gasteiger partial charge in [0.2, 0.25) is 0 Å². The molecule has 1 unspecified atom stereocenters. The molecule has 11 heteroatoms. The minimum atomic E-state index is -1.25. The minimum absolute atomic E-state index is 0.0534. The first-order valence-electron chi connectivity index (χ1n) is 12.5. The monoisotopic (exact) mass is 528 g/mol. The van der Waals surface area contributed by atoms with E-state index < -0.39 is 17.9 Å². The van der Waals surface area contributed by atoms with Crippen molar-refractivity contribution in [3.63, 3.8) is 0 Å². The number of carboxylic acids is 1. The lowest BCUT2D eigenvalue weighted by Gasteiger charge is -2.36. The first-order valence-corrected chi connectivity index (χ1v) is 12.5. The van der Waals surface area contributed by atoms with Crippen LogP contribution in [0.5, 0.6) is 0 Å². The zero-order valence-corrected chi connectivity index (χ0v) is 21.1. The van der Waals surface area contributed by atoms with Gasteiger partial charge in [0.05, 0.1) is 25.0 Å². The van der Waals surface area contributed by atoms with Crippen LogP contribution in [-0.2, 0) is 16.1 Å². The number of piperazine rings is 1. The van der Waals surface area contributed by atoms with Crippen molar-refractivity contribution in [2.45, 2.75) is 12.6 Å². The number of anilines is 2. The second-order valence-corrected chi connectivity index (χ2v) is 8.97. The molecule has 1 atom stereocenters. The van der Waals surface area contributed by atoms with Crippen LogP contribution in [0.4, 0.5) is 11.6 Å². The van der Waals surface area contributed by atoms with E-state index >= 15 is 0 Å². The third kappa shape index (κ3) is 6.57. The number of amides is 1. The number of carbonyl (C=O) groups is 2. The lowest BCUT2D eigenvalue weighted by Crippen LogP contribution is -2.47. The van der Waals surface area contributed by atoms with Gasteiger partial charge in [-0.1, -0.05) is 36.4 Å². The molecule has 4 heterocycles. The molecule has 1 aromatic carbocycles. The molecule has 200 valence electrons. The Kier molecular flexibility index (Phi) is 8.08. The molecular weight excluding hydrogens is 500 g/mol. The van der Waals surface area contributed by atoms with Gasteiger partial charge in [-0.2, -0.15) is 0 Å². The normalized spacial score (nSPS) is 14.2. The fourth-order valence-electron chi connectivity index (χ4n) is 4.21. The number of pyridine rings is 1. The van der Waals surface area contributed by atoms with Crippen molar-refractivity contribution in [1.29, 1.82) is 0 Å². The number of carbonyl (C=O) groups excluding carboxylic acids is 1. The number of aliphatic carboxylic acids is 1. The van der Waals surface area contributed by atoms with Crippen LogP contribution in [0.1, 0.15) is 16.1 Å². The summed E-state index contributed by atoms with van der Waals surface area (Å²) in [7, 11) is 0. The van der Waals surface area contributed by atoms with Crippen LogP contribution in [0.15, 0.2) is 83.8 Å². The molecule has 0 saturated carbocycles. The average molecular weight is 529 g/mol. The highest BCUT2D eigenvalue weighted by molar-refractivity contribution is 5.96. The molecule has 1 amide bonds. The highest BCUT2D eigenvalue weighted by atomic mass is 16.5. The summed E-state index contributed by atoms with van der Waals surface area (Å²) < 4.78 is 10.8. The number of carboxylic acid groups (broad SMARTS) is 1. The molecule has 0 spiro atoms. The molecule has 1 saturated heterocycles. The largest absolute Gasteiger partial charge is 0.480 e. The summed E-state index contributed by atoms with van der Waals surface area (Å²) in [5, 5.41) is 12.2. The van der Waals surface area contributed by atoms with Crippen molar-refractivity contribution in [2.24, 2.45) is 0 Å². The lowest BCUT2D eigenvalue weighted by molar-refractivity contribution is -0.141. The number of furan rings is 1. The Hall–Kier alpha value is -4.77. The number of benzene rings is 1. The fourth-order valence-corrected chi connectivity index (χ4v) is 4.21. The molecule has 2 N–H and O–H groups in total. The van der Waals surface area contributed by atoms with Gasteiger partial charge >= 0.3 is 5.97 Å². The Morgan fingerprint density at radius 2 is 1.72 bits per heavy atom. The molecular formula is C28H28N6O5. The Morgan fingerprint density at radius 1 is 0.974 bits per heavy atom. The molecule has 39 heavy (non-hydrogen) atoms. The van der Waals surface area contributed by atoms with Gasteiger partial charge in [0.15, 0.2) is 11.9 Å². The van der Waals surface area contributed by atoms with Gasteiger partial charge in [-0.15, -0.1) is 0 Å². The van der Waals surface area contributed by atoms with Crippen LogP contribution in [0, 0.1) is 0 Å². The van der Waals surface area contributed by atoms with E-state index in [1.807, 2.05) is 48.5 Å². The molecule has 0 bridgehead atoms. The average Bonchev–Trinajstić information content (AvgIpc) is 3.53. The Balaban J connectivity index is 1.30. The maximum Gasteiger partial charge on any atom is 0.328 e. The van der Waals surface area contributed by atoms with Crippen LogP contribution >= 0.6 is 0 Å². The van der Waals surface area contributed by atoms with Gasteiger partial charge < -0.3 is 29.4 Å². The highest BCUT2D eigenvalue weighted by Gasteiger charge is 2.25. The van der Waals surface area contributed by atoms with Crippen LogP contribution in [-0.4, -0.2) is 70.8 Å². The predicted octanol–water partition coefficient (Wildman–Crippen LogP) is 2.86. The van der Waals surface area contributed by atoms with Crippen LogP contribution in [0.2, 0.25) is 0 Å². The number of ether oxygens (including phenoxy) is 1. The highest BCUT2D eigenvalue weighted by Crippen LogP contribution is 2.23. The SMILES string of the molecule is O=C(NC(COCc1ccccc1)C(=O)O)c1cc(N2CCN(c3ccccn3)CC2)nc(-c2ccoc2)n1. The van der Waals surface area contributed by atoms with Crippen molar-refractivity contribution in [3.8, 4) is 11.4 Å². The maximum absolute atomic E-state index is 13.2. The maximum atomic E-state index is 13.2. The summed E-state index contributed by atoms with van der Waals surface area (Å²) in [5.74, 6) is -0.0456. The quantitative estimate of drug-likeness (QED) is 0.316. The van der Waals surface area contributed by atoms with E-state index in [9.17, 15) is 14.7 Å². The third-order valence-electron chi connectivity index (χ3n) is 6.30. The summed E-state index contributed by atoms with van der Waals surface area (Å²) in [6, 6.07) is 17.2. The van der Waals surface area contributed by atoms with Crippen LogP contribution in [0.25, 0.3) is 11.4 Å². The summed E-state index contributed by atoms with van der Waals surface area (Å²) in [6.07, 6.45) is 4.77. The molecule has 0 radical (unpaired) electrons. The zero-order chi connectivity index (χ0) is 27.0. The van der Waals surface area contributed by atoms with Gasteiger partial charge in [0, 0.05) is 38.4 Å². The second kappa shape index (κ2) is 12.2. The minimum Gasteiger partial charge on any atom is -0.480 e. The van der Waals surface area contributed by atoms with E-state index in [1.54, 1.807) is 18.3 Å². The zero-order valence-electron chi connectivity index (χ0n) is 21.1. The van der Waals surface area contributed by atoms with E-state index in [2.05, 4.69) is 30.1 Å². The summed E-state index contributed by atoms with van der Waals surface area (Å²) in [6.45, 7) is 2.80. The molecule has 1 aliphatic rings. The summed E-state index contributed by atoms with van der Waals surface area (Å²) >= 11 is 0. The van der Waals surface area contributed by atoms with Crippen molar-refractivity contribution < 1.29 is 23.8 Å². The third-order valence-corrected chi connectivity index (χ3v) is 6.30. The van der Waals surface area contributed by atoms with Crippen molar-refractivity contribution in [3.05, 3.63) is 90.6 Å². The number of nitrogens with one attached hydrogen (secondary N) is 1. The lowest BCUT2D eigenvalue weighted by atomic mass is 10.2. The summed E-state index contributed by atoms with van der Waals surface area (Å²) in [5.41, 5.74) is 1.57. The van der Waals surface area contributed by atoms with E-state index in [4.69, 9.17) is 9.15 Å². The predicted molar refractivity (Wildman–Crippen MR) is 143 cm³/mol.